The van der Waals surface area contributed by atoms with Crippen molar-refractivity contribution in [2.24, 2.45) is 17.8 Å². The van der Waals surface area contributed by atoms with Crippen LogP contribution >= 0.6 is 0 Å². The van der Waals surface area contributed by atoms with Crippen LogP contribution in [0.3, 0.4) is 0 Å². The molecule has 3 rings (SSSR count). The Morgan fingerprint density at radius 2 is 1.53 bits per heavy atom. The molecule has 0 amide bonds. The average molecular weight is 194 g/mol. The molecule has 0 aromatic carbocycles. The van der Waals surface area contributed by atoms with E-state index < -0.39 is 0 Å². The summed E-state index contributed by atoms with van der Waals surface area (Å²) in [6, 6.07) is 0. The Labute approximate surface area is 90.7 Å². The molecule has 0 N–H and O–H groups in total. The second-order valence-electron chi connectivity index (χ2n) is 4.25. The zero-order valence-corrected chi connectivity index (χ0v) is 8.58. The van der Waals surface area contributed by atoms with E-state index in [2.05, 4.69) is 66.8 Å². The fourth-order valence-corrected chi connectivity index (χ4v) is 2.58. The Kier molecular flexibility index (Phi) is 2.06. The highest BCUT2D eigenvalue weighted by Crippen LogP contribution is 2.37. The second-order valence-corrected chi connectivity index (χ2v) is 4.25. The van der Waals surface area contributed by atoms with Crippen molar-refractivity contribution in [3.63, 3.8) is 0 Å². The van der Waals surface area contributed by atoms with Crippen LogP contribution < -0.4 is 0 Å². The van der Waals surface area contributed by atoms with Crippen LogP contribution in [0.5, 0.6) is 0 Å². The van der Waals surface area contributed by atoms with E-state index in [4.69, 9.17) is 0 Å². The van der Waals surface area contributed by atoms with E-state index in [0.29, 0.717) is 17.8 Å². The van der Waals surface area contributed by atoms with Crippen LogP contribution in [0.4, 0.5) is 0 Å². The first-order chi connectivity index (χ1) is 7.45. The van der Waals surface area contributed by atoms with E-state index in [1.54, 1.807) is 0 Å². The van der Waals surface area contributed by atoms with Gasteiger partial charge in [0.05, 0.1) is 0 Å². The smallest absolute Gasteiger partial charge is 0.00926 e. The van der Waals surface area contributed by atoms with E-state index >= 15 is 0 Å². The van der Waals surface area contributed by atoms with Crippen LogP contribution in [0.15, 0.2) is 72.4 Å². The van der Waals surface area contributed by atoms with Crippen LogP contribution in [-0.4, -0.2) is 0 Å². The van der Waals surface area contributed by atoms with Gasteiger partial charge in [-0.2, -0.15) is 0 Å². The summed E-state index contributed by atoms with van der Waals surface area (Å²) in [5.74, 6) is 1.71. The fourth-order valence-electron chi connectivity index (χ4n) is 2.58. The fraction of sp³-hybridized carbons (Fsp3) is 0.200. The van der Waals surface area contributed by atoms with Crippen molar-refractivity contribution in [1.29, 1.82) is 0 Å². The van der Waals surface area contributed by atoms with Crippen LogP contribution in [0.25, 0.3) is 0 Å². The van der Waals surface area contributed by atoms with Gasteiger partial charge in [0.25, 0.3) is 0 Å². The van der Waals surface area contributed by atoms with Crippen molar-refractivity contribution in [1.82, 2.24) is 0 Å². The number of hydrogen-bond acceptors (Lipinski definition) is 0. The van der Waals surface area contributed by atoms with Gasteiger partial charge in [-0.1, -0.05) is 66.8 Å². The molecule has 0 spiro atoms. The molecular formula is C15H14. The lowest BCUT2D eigenvalue weighted by molar-refractivity contribution is 0.469. The molecule has 15 heavy (non-hydrogen) atoms. The molecule has 0 nitrogen and oxygen atoms in total. The van der Waals surface area contributed by atoms with E-state index in [0.717, 1.165) is 0 Å². The van der Waals surface area contributed by atoms with E-state index in [9.17, 15) is 0 Å². The Balaban J connectivity index is 2.03. The maximum Gasteiger partial charge on any atom is 0.00926 e. The average Bonchev–Trinajstić information content (AvgIpc) is 2.48. The van der Waals surface area contributed by atoms with Gasteiger partial charge in [0.1, 0.15) is 0 Å². The number of rotatable bonds is 0. The van der Waals surface area contributed by atoms with E-state index in [-0.39, 0.29) is 0 Å². The minimum absolute atomic E-state index is 0.552. The van der Waals surface area contributed by atoms with Crippen molar-refractivity contribution >= 4 is 0 Å². The first-order valence-corrected chi connectivity index (χ1v) is 5.53. The van der Waals surface area contributed by atoms with Crippen LogP contribution in [-0.2, 0) is 0 Å². The monoisotopic (exact) mass is 194 g/mol. The lowest BCUT2D eigenvalue weighted by Gasteiger charge is -2.28. The van der Waals surface area contributed by atoms with Crippen molar-refractivity contribution < 1.29 is 0 Å². The second kappa shape index (κ2) is 3.54. The third kappa shape index (κ3) is 1.46. The van der Waals surface area contributed by atoms with Gasteiger partial charge in [-0.3, -0.25) is 0 Å². The minimum Gasteiger partial charge on any atom is -0.0796 e. The molecule has 0 bridgehead atoms. The minimum atomic E-state index is 0.552. The quantitative estimate of drug-likeness (QED) is 0.553. The summed E-state index contributed by atoms with van der Waals surface area (Å²) in [5.41, 5.74) is 1.43. The molecular weight excluding hydrogens is 180 g/mol. The normalized spacial score (nSPS) is 35.7. The maximum absolute atomic E-state index is 2.34. The summed E-state index contributed by atoms with van der Waals surface area (Å²) in [4.78, 5) is 0. The molecule has 74 valence electrons. The van der Waals surface area contributed by atoms with E-state index in [1.165, 1.54) is 5.57 Å². The SMILES string of the molecule is C1=CC2=CC=CC3C=CC=CC3C2C=C1. The first-order valence-electron chi connectivity index (χ1n) is 5.53. The first kappa shape index (κ1) is 8.72. The van der Waals surface area contributed by atoms with Crippen LogP contribution in [0, 0.1) is 17.8 Å². The zero-order chi connectivity index (χ0) is 10.1. The van der Waals surface area contributed by atoms with Gasteiger partial charge < -0.3 is 0 Å². The van der Waals surface area contributed by atoms with Gasteiger partial charge in [-0.25, -0.2) is 0 Å². The predicted molar refractivity (Wildman–Crippen MR) is 64.3 cm³/mol. The highest BCUT2D eigenvalue weighted by Gasteiger charge is 2.27. The molecule has 3 unspecified atom stereocenters. The molecule has 0 aromatic rings. The molecule has 0 aromatic heterocycles. The molecule has 0 heteroatoms. The molecule has 3 atom stereocenters. The van der Waals surface area contributed by atoms with Crippen molar-refractivity contribution in [2.75, 3.05) is 0 Å². The number of allylic oxidation sites excluding steroid dienone is 12. The van der Waals surface area contributed by atoms with Crippen LogP contribution in [0.2, 0.25) is 0 Å². The summed E-state index contributed by atoms with van der Waals surface area (Å²) in [5, 5.41) is 0. The lowest BCUT2D eigenvalue weighted by Crippen LogP contribution is -2.20. The van der Waals surface area contributed by atoms with E-state index in [1.807, 2.05) is 0 Å². The van der Waals surface area contributed by atoms with Gasteiger partial charge in [0, 0.05) is 11.8 Å². The maximum atomic E-state index is 2.34. The Morgan fingerprint density at radius 1 is 0.733 bits per heavy atom. The summed E-state index contributed by atoms with van der Waals surface area (Å²) < 4.78 is 0. The van der Waals surface area contributed by atoms with Crippen molar-refractivity contribution in [2.45, 2.75) is 0 Å². The Hall–Kier alpha value is -1.56. The van der Waals surface area contributed by atoms with Crippen molar-refractivity contribution in [3.05, 3.63) is 72.4 Å². The number of fused-ring (bicyclic) bond motifs is 3. The van der Waals surface area contributed by atoms with Crippen molar-refractivity contribution in [3.8, 4) is 0 Å². The molecule has 0 saturated heterocycles. The molecule has 0 fully saturated rings. The Morgan fingerprint density at radius 3 is 2.53 bits per heavy atom. The van der Waals surface area contributed by atoms with Gasteiger partial charge in [-0.15, -0.1) is 0 Å². The highest BCUT2D eigenvalue weighted by molar-refractivity contribution is 5.40. The molecule has 3 aliphatic carbocycles. The highest BCUT2D eigenvalue weighted by atomic mass is 14.3. The lowest BCUT2D eigenvalue weighted by atomic mass is 9.75. The molecule has 0 aliphatic heterocycles. The topological polar surface area (TPSA) is 0 Å². The number of hydrogen-bond donors (Lipinski definition) is 0. The summed E-state index contributed by atoms with van der Waals surface area (Å²) in [7, 11) is 0. The largest absolute Gasteiger partial charge is 0.0796 e. The van der Waals surface area contributed by atoms with Crippen LogP contribution in [0.1, 0.15) is 0 Å². The molecule has 0 heterocycles. The molecule has 0 radical (unpaired) electrons. The molecule has 0 saturated carbocycles. The van der Waals surface area contributed by atoms with Gasteiger partial charge in [0.2, 0.25) is 0 Å². The summed E-state index contributed by atoms with van der Waals surface area (Å²) in [6.45, 7) is 0. The predicted octanol–water partition coefficient (Wildman–Crippen LogP) is 3.58. The summed E-state index contributed by atoms with van der Waals surface area (Å²) >= 11 is 0. The standard InChI is InChI=1S/C15H14/c1-3-10-14-12(6-1)8-5-9-13-7-2-4-11-15(13)14/h1-12,14-15H. The Bertz CT molecular complexity index is 427. The van der Waals surface area contributed by atoms with Gasteiger partial charge >= 0.3 is 0 Å². The molecule has 3 aliphatic rings. The zero-order valence-electron chi connectivity index (χ0n) is 8.58. The third-order valence-corrected chi connectivity index (χ3v) is 3.36. The van der Waals surface area contributed by atoms with Gasteiger partial charge in [-0.05, 0) is 11.5 Å². The summed E-state index contributed by atoms with van der Waals surface area (Å²) in [6.07, 6.45) is 24.5. The third-order valence-electron chi connectivity index (χ3n) is 3.36. The van der Waals surface area contributed by atoms with Gasteiger partial charge in [0.15, 0.2) is 0 Å².